The molecule has 1 aromatic heterocycles. The van der Waals surface area contributed by atoms with Crippen LogP contribution in [0.15, 0.2) is 15.5 Å². The third kappa shape index (κ3) is 5.19. The predicted octanol–water partition coefficient (Wildman–Crippen LogP) is 5.42. The second-order valence-corrected chi connectivity index (χ2v) is 8.49. The zero-order valence-corrected chi connectivity index (χ0v) is 18.2. The predicted molar refractivity (Wildman–Crippen MR) is 112 cm³/mol. The Kier molecular flexibility index (Phi) is 7.29. The molecule has 0 amide bonds. The fourth-order valence-corrected chi connectivity index (χ4v) is 4.09. The molecule has 0 unspecified atom stereocenters. The maximum atomic E-state index is 4.85. The summed E-state index contributed by atoms with van der Waals surface area (Å²) >= 11 is 3.72. The number of hydrogen-bond donors (Lipinski definition) is 0. The molecule has 1 fully saturated rings. The van der Waals surface area contributed by atoms with Crippen molar-refractivity contribution in [2.45, 2.75) is 59.4 Å². The minimum absolute atomic E-state index is 0.582. The number of halogens is 1. The summed E-state index contributed by atoms with van der Waals surface area (Å²) in [5, 5.41) is 0. The van der Waals surface area contributed by atoms with E-state index < -0.39 is 0 Å². The number of rotatable bonds is 6. The molecule has 25 heavy (non-hydrogen) atoms. The zero-order chi connectivity index (χ0) is 18.6. The number of aromatic nitrogens is 1. The normalized spacial score (nSPS) is 21.1. The van der Waals surface area contributed by atoms with Crippen molar-refractivity contribution in [1.82, 2.24) is 9.88 Å². The van der Waals surface area contributed by atoms with E-state index in [4.69, 9.17) is 4.98 Å². The van der Waals surface area contributed by atoms with Gasteiger partial charge in [-0.2, -0.15) is 0 Å². The number of nitrogens with zero attached hydrogens (tertiary/aromatic N) is 4. The van der Waals surface area contributed by atoms with Crippen LogP contribution in [0, 0.1) is 18.8 Å². The lowest BCUT2D eigenvalue weighted by molar-refractivity contribution is 0.256. The van der Waals surface area contributed by atoms with Gasteiger partial charge in [0, 0.05) is 26.7 Å². The highest BCUT2D eigenvalue weighted by Gasteiger charge is 2.27. The van der Waals surface area contributed by atoms with Crippen molar-refractivity contribution in [3.63, 3.8) is 0 Å². The number of aliphatic imine (C=N–C) groups is 1. The van der Waals surface area contributed by atoms with Gasteiger partial charge in [-0.15, -0.1) is 0 Å². The number of aryl methyl sites for hydroxylation is 1. The average molecular weight is 409 g/mol. The van der Waals surface area contributed by atoms with Gasteiger partial charge in [0.15, 0.2) is 0 Å². The molecule has 0 bridgehead atoms. The smallest absolute Gasteiger partial charge is 0.143 e. The monoisotopic (exact) mass is 408 g/mol. The van der Waals surface area contributed by atoms with E-state index in [-0.39, 0.29) is 0 Å². The van der Waals surface area contributed by atoms with Gasteiger partial charge in [-0.1, -0.05) is 13.8 Å². The van der Waals surface area contributed by atoms with Gasteiger partial charge in [0.05, 0.1) is 22.2 Å². The van der Waals surface area contributed by atoms with E-state index in [0.717, 1.165) is 40.1 Å². The second-order valence-electron chi connectivity index (χ2n) is 7.64. The van der Waals surface area contributed by atoms with Crippen molar-refractivity contribution in [3.05, 3.63) is 16.2 Å². The molecular weight excluding hydrogens is 376 g/mol. The summed E-state index contributed by atoms with van der Waals surface area (Å²) in [6, 6.07) is 2.67. The maximum absolute atomic E-state index is 4.85. The van der Waals surface area contributed by atoms with Crippen molar-refractivity contribution in [1.29, 1.82) is 0 Å². The second kappa shape index (κ2) is 9.02. The van der Waals surface area contributed by atoms with Gasteiger partial charge in [0.25, 0.3) is 0 Å². The van der Waals surface area contributed by atoms with Crippen LogP contribution in [0.25, 0.3) is 0 Å². The summed E-state index contributed by atoms with van der Waals surface area (Å²) in [7, 11) is 4.21. The Balaban J connectivity index is 2.12. The summed E-state index contributed by atoms with van der Waals surface area (Å²) in [6.07, 6.45) is 7.04. The highest BCUT2D eigenvalue weighted by molar-refractivity contribution is 9.10. The van der Waals surface area contributed by atoms with E-state index in [0.29, 0.717) is 6.04 Å². The molecule has 140 valence electrons. The minimum Gasteiger partial charge on any atom is -0.366 e. The maximum Gasteiger partial charge on any atom is 0.143 e. The molecule has 0 radical (unpaired) electrons. The highest BCUT2D eigenvalue weighted by Crippen LogP contribution is 2.36. The Bertz CT molecular complexity index is 592. The number of hydrogen-bond acceptors (Lipinski definition) is 3. The van der Waals surface area contributed by atoms with E-state index in [1.54, 1.807) is 0 Å². The molecule has 0 N–H and O–H groups in total. The quantitative estimate of drug-likeness (QED) is 0.465. The highest BCUT2D eigenvalue weighted by atomic mass is 79.9. The largest absolute Gasteiger partial charge is 0.366 e. The number of pyridine rings is 1. The molecule has 1 aliphatic rings. The van der Waals surface area contributed by atoms with E-state index >= 15 is 0 Å². The van der Waals surface area contributed by atoms with Gasteiger partial charge in [-0.3, -0.25) is 0 Å². The van der Waals surface area contributed by atoms with Crippen LogP contribution in [-0.4, -0.2) is 42.9 Å². The van der Waals surface area contributed by atoms with Crippen LogP contribution >= 0.6 is 15.9 Å². The van der Waals surface area contributed by atoms with E-state index in [2.05, 4.69) is 64.6 Å². The standard InChI is InChI=1S/C20H33BrN4/c1-7-24(5)13-22-19-12-18(21)20(23-15(19)4)25(6)17-10-8-16(9-11-17)14(2)3/h12-14,16-17H,7-11H2,1-6H3/b22-13+. The Morgan fingerprint density at radius 3 is 2.48 bits per heavy atom. The first kappa shape index (κ1) is 20.2. The van der Waals surface area contributed by atoms with Gasteiger partial charge in [-0.05, 0) is 73.4 Å². The Morgan fingerprint density at radius 1 is 1.28 bits per heavy atom. The van der Waals surface area contributed by atoms with E-state index in [1.807, 2.05) is 20.3 Å². The Labute approximate surface area is 161 Å². The van der Waals surface area contributed by atoms with Gasteiger partial charge in [-0.25, -0.2) is 9.98 Å². The molecule has 1 aliphatic carbocycles. The van der Waals surface area contributed by atoms with Crippen LogP contribution in [0.3, 0.4) is 0 Å². The van der Waals surface area contributed by atoms with Crippen LogP contribution in [-0.2, 0) is 0 Å². The Morgan fingerprint density at radius 2 is 1.92 bits per heavy atom. The first-order chi connectivity index (χ1) is 11.8. The topological polar surface area (TPSA) is 31.7 Å². The van der Waals surface area contributed by atoms with Crippen LogP contribution in [0.1, 0.15) is 52.1 Å². The van der Waals surface area contributed by atoms with Gasteiger partial charge < -0.3 is 9.80 Å². The summed E-state index contributed by atoms with van der Waals surface area (Å²) < 4.78 is 1.03. The van der Waals surface area contributed by atoms with Gasteiger partial charge in [0.1, 0.15) is 5.82 Å². The molecule has 1 heterocycles. The molecule has 5 heteroatoms. The lowest BCUT2D eigenvalue weighted by Gasteiger charge is -2.37. The summed E-state index contributed by atoms with van der Waals surface area (Å²) in [5.74, 6) is 2.72. The van der Waals surface area contributed by atoms with Crippen molar-refractivity contribution in [2.75, 3.05) is 25.5 Å². The first-order valence-electron chi connectivity index (χ1n) is 9.47. The zero-order valence-electron chi connectivity index (χ0n) is 16.6. The van der Waals surface area contributed by atoms with Gasteiger partial charge in [0.2, 0.25) is 0 Å². The fourth-order valence-electron chi connectivity index (χ4n) is 3.51. The molecule has 4 nitrogen and oxygen atoms in total. The van der Waals surface area contributed by atoms with Crippen molar-refractivity contribution < 1.29 is 0 Å². The lowest BCUT2D eigenvalue weighted by Crippen LogP contribution is -2.36. The molecule has 1 saturated carbocycles. The summed E-state index contributed by atoms with van der Waals surface area (Å²) in [5.41, 5.74) is 1.90. The molecule has 0 aliphatic heterocycles. The molecule has 0 saturated heterocycles. The van der Waals surface area contributed by atoms with Crippen molar-refractivity contribution in [3.8, 4) is 0 Å². The molecule has 0 atom stereocenters. The van der Waals surface area contributed by atoms with Crippen LogP contribution < -0.4 is 4.90 Å². The first-order valence-corrected chi connectivity index (χ1v) is 10.3. The SMILES string of the molecule is CCN(C)/C=N/c1cc(Br)c(N(C)C2CCC(C(C)C)CC2)nc1C. The number of anilines is 1. The van der Waals surface area contributed by atoms with Crippen molar-refractivity contribution in [2.24, 2.45) is 16.8 Å². The van der Waals surface area contributed by atoms with E-state index in [1.165, 1.54) is 25.7 Å². The third-order valence-electron chi connectivity index (χ3n) is 5.58. The van der Waals surface area contributed by atoms with Crippen molar-refractivity contribution >= 4 is 33.8 Å². The van der Waals surface area contributed by atoms with Crippen LogP contribution in [0.4, 0.5) is 11.5 Å². The Hall–Kier alpha value is -1.10. The minimum atomic E-state index is 0.582. The van der Waals surface area contributed by atoms with Crippen LogP contribution in [0.2, 0.25) is 0 Å². The fraction of sp³-hybridized carbons (Fsp3) is 0.700. The third-order valence-corrected chi connectivity index (χ3v) is 6.16. The molecule has 1 aromatic rings. The van der Waals surface area contributed by atoms with Gasteiger partial charge >= 0.3 is 0 Å². The molecule has 0 spiro atoms. The lowest BCUT2D eigenvalue weighted by atomic mass is 9.79. The van der Waals surface area contributed by atoms with E-state index in [9.17, 15) is 0 Å². The summed E-state index contributed by atoms with van der Waals surface area (Å²) in [4.78, 5) is 13.8. The van der Waals surface area contributed by atoms with Crippen LogP contribution in [0.5, 0.6) is 0 Å². The molecular formula is C20H33BrN4. The summed E-state index contributed by atoms with van der Waals surface area (Å²) in [6.45, 7) is 9.80. The average Bonchev–Trinajstić information content (AvgIpc) is 2.61. The molecule has 0 aromatic carbocycles. The molecule has 2 rings (SSSR count).